The average molecular weight is 277 g/mol. The molecule has 0 bridgehead atoms. The summed E-state index contributed by atoms with van der Waals surface area (Å²) in [5.74, 6) is 0. The number of nitrogens with zero attached hydrogens (tertiary/aromatic N) is 2. The van der Waals surface area contributed by atoms with Crippen LogP contribution in [-0.2, 0) is 0 Å². The van der Waals surface area contributed by atoms with Crippen LogP contribution in [0.4, 0.5) is 0 Å². The lowest BCUT2D eigenvalue weighted by atomic mass is 10.0. The molecule has 0 fully saturated rings. The molecule has 0 heterocycles. The summed E-state index contributed by atoms with van der Waals surface area (Å²) in [6.45, 7) is 11.8. The smallest absolute Gasteiger partial charge is 0.0424 e. The third-order valence-corrected chi connectivity index (χ3v) is 3.76. The van der Waals surface area contributed by atoms with Crippen LogP contribution in [0.25, 0.3) is 0 Å². The zero-order valence-electron chi connectivity index (χ0n) is 14.0. The summed E-state index contributed by atoms with van der Waals surface area (Å²) >= 11 is 0. The average Bonchev–Trinajstić information content (AvgIpc) is 2.33. The highest BCUT2D eigenvalue weighted by Gasteiger charge is 2.17. The number of aryl methyl sites for hydroxylation is 2. The van der Waals surface area contributed by atoms with E-state index in [9.17, 15) is 0 Å². The Kier molecular flexibility index (Phi) is 6.66. The van der Waals surface area contributed by atoms with E-state index in [1.165, 1.54) is 16.7 Å². The summed E-state index contributed by atoms with van der Waals surface area (Å²) in [6, 6.07) is 7.22. The summed E-state index contributed by atoms with van der Waals surface area (Å²) in [7, 11) is 4.24. The molecule has 2 N–H and O–H groups in total. The summed E-state index contributed by atoms with van der Waals surface area (Å²) < 4.78 is 0. The predicted octanol–water partition coefficient (Wildman–Crippen LogP) is 2.58. The Hall–Kier alpha value is -0.900. The van der Waals surface area contributed by atoms with E-state index in [-0.39, 0.29) is 6.04 Å². The van der Waals surface area contributed by atoms with Gasteiger partial charge in [-0.2, -0.15) is 0 Å². The summed E-state index contributed by atoms with van der Waals surface area (Å²) in [4.78, 5) is 4.69. The lowest BCUT2D eigenvalue weighted by Gasteiger charge is -2.32. The molecule has 2 unspecified atom stereocenters. The van der Waals surface area contributed by atoms with E-state index < -0.39 is 0 Å². The molecule has 0 aliphatic carbocycles. The van der Waals surface area contributed by atoms with Crippen LogP contribution in [-0.4, -0.2) is 49.6 Å². The Labute approximate surface area is 124 Å². The van der Waals surface area contributed by atoms with Gasteiger partial charge in [-0.05, 0) is 47.0 Å². The van der Waals surface area contributed by atoms with E-state index in [1.807, 2.05) is 0 Å². The molecule has 0 aliphatic heterocycles. The second-order valence-electron chi connectivity index (χ2n) is 6.23. The minimum absolute atomic E-state index is 0.0816. The van der Waals surface area contributed by atoms with Gasteiger partial charge in [0.05, 0.1) is 0 Å². The van der Waals surface area contributed by atoms with E-state index >= 15 is 0 Å². The highest BCUT2D eigenvalue weighted by molar-refractivity contribution is 5.30. The van der Waals surface area contributed by atoms with Crippen LogP contribution in [0, 0.1) is 13.8 Å². The van der Waals surface area contributed by atoms with Gasteiger partial charge in [-0.15, -0.1) is 0 Å². The van der Waals surface area contributed by atoms with Crippen molar-refractivity contribution in [1.82, 2.24) is 9.80 Å². The lowest BCUT2D eigenvalue weighted by Crippen LogP contribution is -2.43. The minimum atomic E-state index is 0.0816. The van der Waals surface area contributed by atoms with E-state index in [2.05, 4.69) is 69.8 Å². The molecule has 0 saturated carbocycles. The molecule has 0 radical (unpaired) electrons. The first kappa shape index (κ1) is 17.2. The standard InChI is InChI=1S/C17H31N3/c1-7-20(15(4)11-19(5)6)12-17(18)16-9-13(2)8-14(3)10-16/h8-10,15,17H,7,11-12,18H2,1-6H3. The van der Waals surface area contributed by atoms with Crippen molar-refractivity contribution in [3.05, 3.63) is 34.9 Å². The van der Waals surface area contributed by atoms with Crippen molar-refractivity contribution in [3.8, 4) is 0 Å². The second kappa shape index (κ2) is 7.77. The monoisotopic (exact) mass is 277 g/mol. The first-order chi connectivity index (χ1) is 9.33. The van der Waals surface area contributed by atoms with Gasteiger partial charge in [-0.3, -0.25) is 4.90 Å². The van der Waals surface area contributed by atoms with Crippen LogP contribution in [0.1, 0.15) is 36.6 Å². The number of rotatable bonds is 7. The Bertz CT molecular complexity index is 394. The fourth-order valence-electron chi connectivity index (χ4n) is 2.85. The van der Waals surface area contributed by atoms with Gasteiger partial charge in [0, 0.05) is 25.2 Å². The summed E-state index contributed by atoms with van der Waals surface area (Å²) in [5, 5.41) is 0. The van der Waals surface area contributed by atoms with Gasteiger partial charge in [-0.1, -0.05) is 36.2 Å². The molecule has 0 saturated heterocycles. The zero-order chi connectivity index (χ0) is 15.3. The van der Waals surface area contributed by atoms with Crippen molar-refractivity contribution < 1.29 is 0 Å². The fraction of sp³-hybridized carbons (Fsp3) is 0.647. The summed E-state index contributed by atoms with van der Waals surface area (Å²) in [6.07, 6.45) is 0. The summed E-state index contributed by atoms with van der Waals surface area (Å²) in [5.41, 5.74) is 10.3. The maximum absolute atomic E-state index is 6.42. The molecule has 20 heavy (non-hydrogen) atoms. The van der Waals surface area contributed by atoms with Crippen molar-refractivity contribution in [2.45, 2.75) is 39.8 Å². The molecule has 0 amide bonds. The topological polar surface area (TPSA) is 32.5 Å². The number of hydrogen-bond donors (Lipinski definition) is 1. The van der Waals surface area contributed by atoms with Crippen LogP contribution >= 0.6 is 0 Å². The van der Waals surface area contributed by atoms with Crippen LogP contribution in [0.15, 0.2) is 18.2 Å². The molecule has 0 aromatic heterocycles. The van der Waals surface area contributed by atoms with Crippen LogP contribution in [0.5, 0.6) is 0 Å². The number of benzene rings is 1. The molecular weight excluding hydrogens is 246 g/mol. The Morgan fingerprint density at radius 3 is 2.05 bits per heavy atom. The van der Waals surface area contributed by atoms with Crippen molar-refractivity contribution >= 4 is 0 Å². The molecule has 2 atom stereocenters. The largest absolute Gasteiger partial charge is 0.323 e. The molecule has 0 aliphatic rings. The minimum Gasteiger partial charge on any atom is -0.323 e. The van der Waals surface area contributed by atoms with Crippen molar-refractivity contribution in [1.29, 1.82) is 0 Å². The Morgan fingerprint density at radius 1 is 1.05 bits per heavy atom. The molecule has 1 rings (SSSR count). The second-order valence-corrected chi connectivity index (χ2v) is 6.23. The first-order valence-electron chi connectivity index (χ1n) is 7.56. The van der Waals surface area contributed by atoms with Gasteiger partial charge >= 0.3 is 0 Å². The molecule has 1 aromatic carbocycles. The molecule has 3 nitrogen and oxygen atoms in total. The van der Waals surface area contributed by atoms with Gasteiger partial charge < -0.3 is 10.6 Å². The molecule has 114 valence electrons. The quantitative estimate of drug-likeness (QED) is 0.831. The van der Waals surface area contributed by atoms with E-state index in [1.54, 1.807) is 0 Å². The third-order valence-electron chi connectivity index (χ3n) is 3.76. The fourth-order valence-corrected chi connectivity index (χ4v) is 2.85. The van der Waals surface area contributed by atoms with Crippen LogP contribution in [0.3, 0.4) is 0 Å². The molecular formula is C17H31N3. The maximum Gasteiger partial charge on any atom is 0.0424 e. The van der Waals surface area contributed by atoms with Gasteiger partial charge in [-0.25, -0.2) is 0 Å². The van der Waals surface area contributed by atoms with Crippen molar-refractivity contribution in [2.75, 3.05) is 33.7 Å². The number of nitrogens with two attached hydrogens (primary N) is 1. The van der Waals surface area contributed by atoms with Gasteiger partial charge in [0.25, 0.3) is 0 Å². The molecule has 0 spiro atoms. The number of likely N-dealkylation sites (N-methyl/N-ethyl adjacent to an activating group) is 2. The SMILES string of the molecule is CCN(CC(N)c1cc(C)cc(C)c1)C(C)CN(C)C. The molecule has 1 aromatic rings. The van der Waals surface area contributed by atoms with Gasteiger partial charge in [0.1, 0.15) is 0 Å². The predicted molar refractivity (Wildman–Crippen MR) is 88.1 cm³/mol. The normalized spacial score (nSPS) is 14.8. The van der Waals surface area contributed by atoms with Crippen LogP contribution < -0.4 is 5.73 Å². The Morgan fingerprint density at radius 2 is 1.60 bits per heavy atom. The van der Waals surface area contributed by atoms with Gasteiger partial charge in [0.15, 0.2) is 0 Å². The molecule has 3 heteroatoms. The zero-order valence-corrected chi connectivity index (χ0v) is 14.0. The van der Waals surface area contributed by atoms with Crippen molar-refractivity contribution in [2.24, 2.45) is 5.73 Å². The van der Waals surface area contributed by atoms with Crippen molar-refractivity contribution in [3.63, 3.8) is 0 Å². The Balaban J connectivity index is 2.73. The maximum atomic E-state index is 6.42. The van der Waals surface area contributed by atoms with Gasteiger partial charge in [0.2, 0.25) is 0 Å². The highest BCUT2D eigenvalue weighted by atomic mass is 15.2. The lowest BCUT2D eigenvalue weighted by molar-refractivity contribution is 0.172. The third kappa shape index (κ3) is 5.23. The first-order valence-corrected chi connectivity index (χ1v) is 7.56. The highest BCUT2D eigenvalue weighted by Crippen LogP contribution is 2.17. The van der Waals surface area contributed by atoms with E-state index in [0.29, 0.717) is 6.04 Å². The number of hydrogen-bond acceptors (Lipinski definition) is 3. The van der Waals surface area contributed by atoms with Crippen LogP contribution in [0.2, 0.25) is 0 Å². The van der Waals surface area contributed by atoms with E-state index in [0.717, 1.165) is 19.6 Å². The van der Waals surface area contributed by atoms with E-state index in [4.69, 9.17) is 5.73 Å².